The first kappa shape index (κ1) is 12.3. The Morgan fingerprint density at radius 3 is 2.69 bits per heavy atom. The van der Waals surface area contributed by atoms with Gasteiger partial charge in [-0.1, -0.05) is 12.8 Å². The predicted octanol–water partition coefficient (Wildman–Crippen LogP) is 2.10. The maximum Gasteiger partial charge on any atom is 0.0594 e. The molecule has 2 rings (SSSR count). The highest BCUT2D eigenvalue weighted by Gasteiger charge is 2.15. The summed E-state index contributed by atoms with van der Waals surface area (Å²) in [6.07, 6.45) is 9.99. The van der Waals surface area contributed by atoms with Crippen molar-refractivity contribution in [2.75, 3.05) is 26.3 Å². The van der Waals surface area contributed by atoms with E-state index in [2.05, 4.69) is 5.32 Å². The number of hydrogen-bond acceptors (Lipinski definition) is 3. The summed E-state index contributed by atoms with van der Waals surface area (Å²) in [5.74, 6) is 0. The van der Waals surface area contributed by atoms with Crippen LogP contribution in [0, 0.1) is 0 Å². The summed E-state index contributed by atoms with van der Waals surface area (Å²) >= 11 is 0. The summed E-state index contributed by atoms with van der Waals surface area (Å²) in [6.45, 7) is 3.90. The van der Waals surface area contributed by atoms with Crippen LogP contribution < -0.4 is 5.32 Å². The summed E-state index contributed by atoms with van der Waals surface area (Å²) in [5.41, 5.74) is 0. The van der Waals surface area contributed by atoms with Gasteiger partial charge in [0.15, 0.2) is 0 Å². The third-order valence-corrected chi connectivity index (χ3v) is 3.60. The van der Waals surface area contributed by atoms with Crippen molar-refractivity contribution in [1.82, 2.24) is 5.32 Å². The third-order valence-electron chi connectivity index (χ3n) is 3.60. The Labute approximate surface area is 98.9 Å². The van der Waals surface area contributed by atoms with E-state index < -0.39 is 0 Å². The molecule has 1 saturated carbocycles. The zero-order valence-electron chi connectivity index (χ0n) is 10.2. The molecule has 1 aliphatic heterocycles. The van der Waals surface area contributed by atoms with Gasteiger partial charge in [-0.25, -0.2) is 0 Å². The Hall–Kier alpha value is -0.120. The molecule has 2 aliphatic rings. The molecule has 1 heterocycles. The molecule has 0 bridgehead atoms. The quantitative estimate of drug-likeness (QED) is 0.676. The highest BCUT2D eigenvalue weighted by atomic mass is 16.5. The van der Waals surface area contributed by atoms with Crippen molar-refractivity contribution < 1.29 is 9.47 Å². The van der Waals surface area contributed by atoms with Gasteiger partial charge < -0.3 is 14.8 Å². The van der Waals surface area contributed by atoms with Crippen molar-refractivity contribution in [2.45, 2.75) is 57.2 Å². The monoisotopic (exact) mass is 227 g/mol. The number of nitrogens with one attached hydrogen (secondary N) is 1. The van der Waals surface area contributed by atoms with Gasteiger partial charge in [0, 0.05) is 13.2 Å². The lowest BCUT2D eigenvalue weighted by Gasteiger charge is -2.12. The Morgan fingerprint density at radius 1 is 1.06 bits per heavy atom. The normalized spacial score (nSPS) is 26.6. The van der Waals surface area contributed by atoms with E-state index in [1.165, 1.54) is 38.5 Å². The summed E-state index contributed by atoms with van der Waals surface area (Å²) in [7, 11) is 0. The molecule has 1 aliphatic carbocycles. The van der Waals surface area contributed by atoms with E-state index in [1.54, 1.807) is 0 Å². The fraction of sp³-hybridized carbons (Fsp3) is 1.00. The first-order valence-electron chi connectivity index (χ1n) is 6.89. The minimum atomic E-state index is 0.517. The zero-order valence-corrected chi connectivity index (χ0v) is 10.2. The second kappa shape index (κ2) is 7.25. The fourth-order valence-corrected chi connectivity index (χ4v) is 2.61. The summed E-state index contributed by atoms with van der Waals surface area (Å²) < 4.78 is 11.4. The second-order valence-electron chi connectivity index (χ2n) is 4.95. The standard InChI is InChI=1S/C13H25NO2/c1-2-5-12(4-1)16-11-9-14-8-7-13-6-3-10-15-13/h12-14H,1-11H2. The molecule has 0 aromatic rings. The molecule has 0 amide bonds. The van der Waals surface area contributed by atoms with Crippen molar-refractivity contribution in [2.24, 2.45) is 0 Å². The number of ether oxygens (including phenoxy) is 2. The maximum absolute atomic E-state index is 5.78. The SMILES string of the molecule is C1CCC(OCCNCCC2CCCO2)C1. The fourth-order valence-electron chi connectivity index (χ4n) is 2.61. The molecule has 1 unspecified atom stereocenters. The average Bonchev–Trinajstić information content (AvgIpc) is 2.96. The molecule has 1 saturated heterocycles. The predicted molar refractivity (Wildman–Crippen MR) is 64.7 cm³/mol. The summed E-state index contributed by atoms with van der Waals surface area (Å²) in [6, 6.07) is 0. The Bertz CT molecular complexity index is 155. The van der Waals surface area contributed by atoms with E-state index in [0.29, 0.717) is 12.2 Å². The molecule has 0 radical (unpaired) electrons. The number of rotatable bonds is 7. The lowest BCUT2D eigenvalue weighted by atomic mass is 10.2. The Kier molecular flexibility index (Phi) is 5.59. The largest absolute Gasteiger partial charge is 0.378 e. The highest BCUT2D eigenvalue weighted by Crippen LogP contribution is 2.20. The first-order valence-corrected chi connectivity index (χ1v) is 6.89. The molecule has 3 nitrogen and oxygen atoms in total. The van der Waals surface area contributed by atoms with Crippen molar-refractivity contribution in [3.05, 3.63) is 0 Å². The minimum Gasteiger partial charge on any atom is -0.378 e. The van der Waals surface area contributed by atoms with E-state index in [0.717, 1.165) is 32.7 Å². The van der Waals surface area contributed by atoms with Crippen LogP contribution in [0.5, 0.6) is 0 Å². The molecule has 0 spiro atoms. The first-order chi connectivity index (χ1) is 7.95. The molecule has 2 fully saturated rings. The second-order valence-corrected chi connectivity index (χ2v) is 4.95. The molecule has 94 valence electrons. The van der Waals surface area contributed by atoms with Crippen molar-refractivity contribution >= 4 is 0 Å². The van der Waals surface area contributed by atoms with Gasteiger partial charge in [-0.05, 0) is 38.6 Å². The van der Waals surface area contributed by atoms with E-state index in [9.17, 15) is 0 Å². The average molecular weight is 227 g/mol. The van der Waals surface area contributed by atoms with Gasteiger partial charge in [0.05, 0.1) is 18.8 Å². The Balaban J connectivity index is 1.37. The van der Waals surface area contributed by atoms with Gasteiger partial charge in [-0.2, -0.15) is 0 Å². The van der Waals surface area contributed by atoms with Crippen LogP contribution in [0.1, 0.15) is 44.9 Å². The van der Waals surface area contributed by atoms with Crippen LogP contribution in [0.25, 0.3) is 0 Å². The lowest BCUT2D eigenvalue weighted by Crippen LogP contribution is -2.25. The minimum absolute atomic E-state index is 0.517. The lowest BCUT2D eigenvalue weighted by molar-refractivity contribution is 0.0592. The van der Waals surface area contributed by atoms with E-state index >= 15 is 0 Å². The van der Waals surface area contributed by atoms with Gasteiger partial charge in [0.1, 0.15) is 0 Å². The summed E-state index contributed by atoms with van der Waals surface area (Å²) in [5, 5.41) is 3.43. The van der Waals surface area contributed by atoms with Gasteiger partial charge in [0.25, 0.3) is 0 Å². The van der Waals surface area contributed by atoms with Crippen molar-refractivity contribution in [3.63, 3.8) is 0 Å². The van der Waals surface area contributed by atoms with Crippen LogP contribution in [-0.4, -0.2) is 38.5 Å². The molecule has 1 atom stereocenters. The van der Waals surface area contributed by atoms with Crippen molar-refractivity contribution in [3.8, 4) is 0 Å². The van der Waals surface area contributed by atoms with Crippen LogP contribution in [-0.2, 0) is 9.47 Å². The van der Waals surface area contributed by atoms with Crippen LogP contribution in [0.4, 0.5) is 0 Å². The molecule has 0 aromatic carbocycles. The summed E-state index contributed by atoms with van der Waals surface area (Å²) in [4.78, 5) is 0. The van der Waals surface area contributed by atoms with Crippen LogP contribution in [0.15, 0.2) is 0 Å². The van der Waals surface area contributed by atoms with E-state index in [-0.39, 0.29) is 0 Å². The molecule has 16 heavy (non-hydrogen) atoms. The number of hydrogen-bond donors (Lipinski definition) is 1. The van der Waals surface area contributed by atoms with Crippen LogP contribution in [0.3, 0.4) is 0 Å². The third kappa shape index (κ3) is 4.40. The van der Waals surface area contributed by atoms with Gasteiger partial charge in [-0.15, -0.1) is 0 Å². The highest BCUT2D eigenvalue weighted by molar-refractivity contribution is 4.68. The zero-order chi connectivity index (χ0) is 11.1. The van der Waals surface area contributed by atoms with Crippen molar-refractivity contribution in [1.29, 1.82) is 0 Å². The molecular formula is C13H25NO2. The molecule has 0 aromatic heterocycles. The maximum atomic E-state index is 5.78. The van der Waals surface area contributed by atoms with Gasteiger partial charge in [0.2, 0.25) is 0 Å². The smallest absolute Gasteiger partial charge is 0.0594 e. The van der Waals surface area contributed by atoms with Gasteiger partial charge >= 0.3 is 0 Å². The van der Waals surface area contributed by atoms with E-state index in [1.807, 2.05) is 0 Å². The molecular weight excluding hydrogens is 202 g/mol. The van der Waals surface area contributed by atoms with Gasteiger partial charge in [-0.3, -0.25) is 0 Å². The molecule has 3 heteroatoms. The van der Waals surface area contributed by atoms with Crippen LogP contribution in [0.2, 0.25) is 0 Å². The molecule has 1 N–H and O–H groups in total. The van der Waals surface area contributed by atoms with E-state index in [4.69, 9.17) is 9.47 Å². The Morgan fingerprint density at radius 2 is 1.94 bits per heavy atom. The van der Waals surface area contributed by atoms with Crippen LogP contribution >= 0.6 is 0 Å². The topological polar surface area (TPSA) is 30.5 Å².